The van der Waals surface area contributed by atoms with Gasteiger partial charge in [-0.05, 0) is 25.2 Å². The van der Waals surface area contributed by atoms with Gasteiger partial charge in [0.15, 0.2) is 0 Å². The summed E-state index contributed by atoms with van der Waals surface area (Å²) in [7, 11) is 0. The lowest BCUT2D eigenvalue weighted by Crippen LogP contribution is -2.44. The molecule has 20 heavy (non-hydrogen) atoms. The zero-order chi connectivity index (χ0) is 14.5. The second kappa shape index (κ2) is 6.58. The third kappa shape index (κ3) is 4.11. The molecule has 112 valence electrons. The standard InChI is InChI=1S/C13H21N3O4/c17-11-3-2-10(15-11)7-14-13(20)16-6-5-9(8-16)1-4-12(18)19/h9-10H,1-8H2,(H,14,20)(H,15,17)(H,18,19). The van der Waals surface area contributed by atoms with Gasteiger partial charge in [0.2, 0.25) is 5.91 Å². The summed E-state index contributed by atoms with van der Waals surface area (Å²) in [4.78, 5) is 35.2. The Morgan fingerprint density at radius 2 is 2.20 bits per heavy atom. The Kier molecular flexibility index (Phi) is 4.81. The maximum absolute atomic E-state index is 12.0. The fourth-order valence-electron chi connectivity index (χ4n) is 2.73. The maximum atomic E-state index is 12.0. The Balaban J connectivity index is 1.66. The number of carbonyl (C=O) groups excluding carboxylic acids is 2. The van der Waals surface area contributed by atoms with E-state index in [1.165, 1.54) is 0 Å². The Bertz CT molecular complexity index is 399. The van der Waals surface area contributed by atoms with E-state index >= 15 is 0 Å². The van der Waals surface area contributed by atoms with E-state index in [1.807, 2.05) is 0 Å². The number of nitrogens with one attached hydrogen (secondary N) is 2. The van der Waals surface area contributed by atoms with Gasteiger partial charge in [-0.25, -0.2) is 4.79 Å². The van der Waals surface area contributed by atoms with E-state index in [-0.39, 0.29) is 30.3 Å². The predicted molar refractivity (Wildman–Crippen MR) is 71.1 cm³/mol. The third-order valence-electron chi connectivity index (χ3n) is 3.92. The third-order valence-corrected chi connectivity index (χ3v) is 3.92. The predicted octanol–water partition coefficient (Wildman–Crippen LogP) is 0.161. The number of urea groups is 1. The molecule has 0 aliphatic carbocycles. The van der Waals surface area contributed by atoms with Crippen LogP contribution >= 0.6 is 0 Å². The fourth-order valence-corrected chi connectivity index (χ4v) is 2.73. The summed E-state index contributed by atoms with van der Waals surface area (Å²) < 4.78 is 0. The summed E-state index contributed by atoms with van der Waals surface area (Å²) in [5, 5.41) is 14.3. The highest BCUT2D eigenvalue weighted by atomic mass is 16.4. The molecule has 2 rings (SSSR count). The largest absolute Gasteiger partial charge is 0.481 e. The molecule has 2 aliphatic rings. The van der Waals surface area contributed by atoms with E-state index in [0.717, 1.165) is 12.8 Å². The quantitative estimate of drug-likeness (QED) is 0.669. The molecule has 2 atom stereocenters. The number of hydrogen-bond acceptors (Lipinski definition) is 3. The van der Waals surface area contributed by atoms with Crippen LogP contribution < -0.4 is 10.6 Å². The van der Waals surface area contributed by atoms with Crippen LogP contribution in [0, 0.1) is 5.92 Å². The molecule has 2 heterocycles. The molecule has 0 bridgehead atoms. The van der Waals surface area contributed by atoms with Gasteiger partial charge in [-0.2, -0.15) is 0 Å². The normalized spacial score (nSPS) is 25.6. The molecule has 0 aromatic carbocycles. The molecule has 7 nitrogen and oxygen atoms in total. The second-order valence-corrected chi connectivity index (χ2v) is 5.52. The van der Waals surface area contributed by atoms with Gasteiger partial charge in [-0.15, -0.1) is 0 Å². The molecule has 2 unspecified atom stereocenters. The summed E-state index contributed by atoms with van der Waals surface area (Å²) in [6, 6.07) is -0.0826. The number of likely N-dealkylation sites (tertiary alicyclic amines) is 1. The molecule has 0 radical (unpaired) electrons. The van der Waals surface area contributed by atoms with Gasteiger partial charge >= 0.3 is 12.0 Å². The van der Waals surface area contributed by atoms with E-state index in [9.17, 15) is 14.4 Å². The monoisotopic (exact) mass is 283 g/mol. The highest BCUT2D eigenvalue weighted by Crippen LogP contribution is 2.20. The molecular weight excluding hydrogens is 262 g/mol. The summed E-state index contributed by atoms with van der Waals surface area (Å²) in [6.45, 7) is 1.75. The maximum Gasteiger partial charge on any atom is 0.317 e. The lowest BCUT2D eigenvalue weighted by Gasteiger charge is -2.19. The van der Waals surface area contributed by atoms with E-state index in [2.05, 4.69) is 10.6 Å². The van der Waals surface area contributed by atoms with Crippen LogP contribution in [0.4, 0.5) is 4.79 Å². The van der Waals surface area contributed by atoms with Crippen LogP contribution in [-0.2, 0) is 9.59 Å². The van der Waals surface area contributed by atoms with Gasteiger partial charge in [0.25, 0.3) is 0 Å². The molecule has 2 aliphatic heterocycles. The van der Waals surface area contributed by atoms with Gasteiger partial charge in [0.1, 0.15) is 0 Å². The minimum Gasteiger partial charge on any atom is -0.481 e. The Hall–Kier alpha value is -1.79. The summed E-state index contributed by atoms with van der Waals surface area (Å²) >= 11 is 0. The average Bonchev–Trinajstić information content (AvgIpc) is 3.02. The van der Waals surface area contributed by atoms with Crippen LogP contribution in [0.5, 0.6) is 0 Å². The average molecular weight is 283 g/mol. The second-order valence-electron chi connectivity index (χ2n) is 5.52. The van der Waals surface area contributed by atoms with E-state index in [0.29, 0.717) is 32.5 Å². The number of hydrogen-bond donors (Lipinski definition) is 3. The first-order valence-electron chi connectivity index (χ1n) is 7.08. The number of nitrogens with zero attached hydrogens (tertiary/aromatic N) is 1. The molecule has 0 aromatic rings. The van der Waals surface area contributed by atoms with Crippen LogP contribution in [0.2, 0.25) is 0 Å². The summed E-state index contributed by atoms with van der Waals surface area (Å²) in [5.41, 5.74) is 0. The number of aliphatic carboxylic acids is 1. The van der Waals surface area contributed by atoms with Gasteiger partial charge in [0, 0.05) is 38.5 Å². The number of amides is 3. The van der Waals surface area contributed by atoms with Crippen molar-refractivity contribution >= 4 is 17.9 Å². The minimum atomic E-state index is -0.787. The van der Waals surface area contributed by atoms with Crippen LogP contribution in [0.15, 0.2) is 0 Å². The van der Waals surface area contributed by atoms with Crippen LogP contribution in [0.3, 0.4) is 0 Å². The van der Waals surface area contributed by atoms with Crippen molar-refractivity contribution in [1.29, 1.82) is 0 Å². The van der Waals surface area contributed by atoms with Crippen molar-refractivity contribution in [3.63, 3.8) is 0 Å². The molecule has 0 spiro atoms. The van der Waals surface area contributed by atoms with Crippen molar-refractivity contribution in [3.05, 3.63) is 0 Å². The first-order valence-corrected chi connectivity index (χ1v) is 7.08. The molecule has 2 saturated heterocycles. The van der Waals surface area contributed by atoms with Crippen molar-refractivity contribution in [2.24, 2.45) is 5.92 Å². The first kappa shape index (κ1) is 14.6. The van der Waals surface area contributed by atoms with Gasteiger partial charge < -0.3 is 20.6 Å². The lowest BCUT2D eigenvalue weighted by molar-refractivity contribution is -0.137. The highest BCUT2D eigenvalue weighted by Gasteiger charge is 2.27. The van der Waals surface area contributed by atoms with Crippen molar-refractivity contribution in [2.75, 3.05) is 19.6 Å². The van der Waals surface area contributed by atoms with E-state index in [4.69, 9.17) is 5.11 Å². The highest BCUT2D eigenvalue weighted by molar-refractivity contribution is 5.79. The SMILES string of the molecule is O=C(O)CCC1CCN(C(=O)NCC2CCC(=O)N2)C1. The van der Waals surface area contributed by atoms with Crippen molar-refractivity contribution in [2.45, 2.75) is 38.1 Å². The first-order chi connectivity index (χ1) is 9.54. The lowest BCUT2D eigenvalue weighted by atomic mass is 10.0. The van der Waals surface area contributed by atoms with Crippen LogP contribution in [-0.4, -0.2) is 53.6 Å². The molecule has 3 N–H and O–H groups in total. The Morgan fingerprint density at radius 1 is 1.40 bits per heavy atom. The molecule has 2 fully saturated rings. The molecule has 0 aromatic heterocycles. The van der Waals surface area contributed by atoms with Gasteiger partial charge in [0.05, 0.1) is 0 Å². The number of carbonyl (C=O) groups is 3. The number of carboxylic acid groups (broad SMARTS) is 1. The van der Waals surface area contributed by atoms with Crippen molar-refractivity contribution in [3.8, 4) is 0 Å². The fraction of sp³-hybridized carbons (Fsp3) is 0.769. The van der Waals surface area contributed by atoms with E-state index < -0.39 is 5.97 Å². The number of carboxylic acids is 1. The van der Waals surface area contributed by atoms with Crippen LogP contribution in [0.25, 0.3) is 0 Å². The number of rotatable bonds is 5. The van der Waals surface area contributed by atoms with Gasteiger partial charge in [-0.1, -0.05) is 0 Å². The minimum absolute atomic E-state index is 0.0388. The molecular formula is C13H21N3O4. The topological polar surface area (TPSA) is 98.7 Å². The zero-order valence-corrected chi connectivity index (χ0v) is 11.4. The van der Waals surface area contributed by atoms with Crippen molar-refractivity contribution < 1.29 is 19.5 Å². The van der Waals surface area contributed by atoms with Crippen LogP contribution in [0.1, 0.15) is 32.1 Å². The Morgan fingerprint density at radius 3 is 2.85 bits per heavy atom. The summed E-state index contributed by atoms with van der Waals surface area (Å²) in [6.07, 6.45) is 2.94. The summed E-state index contributed by atoms with van der Waals surface area (Å²) in [5.74, 6) is -0.466. The van der Waals surface area contributed by atoms with Crippen molar-refractivity contribution in [1.82, 2.24) is 15.5 Å². The Labute approximate surface area is 117 Å². The molecule has 0 saturated carbocycles. The molecule has 3 amide bonds. The zero-order valence-electron chi connectivity index (χ0n) is 11.4. The smallest absolute Gasteiger partial charge is 0.317 e. The molecule has 7 heteroatoms. The van der Waals surface area contributed by atoms with Gasteiger partial charge in [-0.3, -0.25) is 9.59 Å². The van der Waals surface area contributed by atoms with E-state index in [1.54, 1.807) is 4.90 Å².